The molecule has 1 N–H and O–H groups in total. The summed E-state index contributed by atoms with van der Waals surface area (Å²) >= 11 is 6.30. The molecule has 4 heteroatoms. The molecule has 0 spiro atoms. The van der Waals surface area contributed by atoms with Crippen molar-refractivity contribution in [3.05, 3.63) is 28.8 Å². The predicted octanol–water partition coefficient (Wildman–Crippen LogP) is 3.48. The number of nitrogens with one attached hydrogen (secondary N) is 1. The number of halogens is 1. The zero-order valence-corrected chi connectivity index (χ0v) is 13.4. The molecule has 0 saturated carbocycles. The predicted molar refractivity (Wildman–Crippen MR) is 84.7 cm³/mol. The van der Waals surface area contributed by atoms with Crippen LogP contribution in [0.4, 0.5) is 0 Å². The van der Waals surface area contributed by atoms with Crippen LogP contribution >= 0.6 is 11.6 Å². The summed E-state index contributed by atoms with van der Waals surface area (Å²) in [4.78, 5) is 2.42. The van der Waals surface area contributed by atoms with Crippen LogP contribution in [0.25, 0.3) is 0 Å². The molecule has 1 saturated heterocycles. The van der Waals surface area contributed by atoms with Crippen molar-refractivity contribution in [2.45, 2.75) is 38.3 Å². The van der Waals surface area contributed by atoms with Crippen LogP contribution in [0, 0.1) is 0 Å². The summed E-state index contributed by atoms with van der Waals surface area (Å²) in [5.41, 5.74) is 1.11. The van der Waals surface area contributed by atoms with Crippen LogP contribution in [-0.4, -0.2) is 38.2 Å². The van der Waals surface area contributed by atoms with Gasteiger partial charge in [0.05, 0.1) is 6.61 Å². The zero-order valence-electron chi connectivity index (χ0n) is 12.7. The third-order valence-corrected chi connectivity index (χ3v) is 4.59. The van der Waals surface area contributed by atoms with Crippen molar-refractivity contribution in [1.82, 2.24) is 10.2 Å². The van der Waals surface area contributed by atoms with E-state index in [0.717, 1.165) is 29.4 Å². The lowest BCUT2D eigenvalue weighted by atomic mass is 10.1. The van der Waals surface area contributed by atoms with Crippen LogP contribution in [0.3, 0.4) is 0 Å². The molecule has 1 aromatic rings. The van der Waals surface area contributed by atoms with Gasteiger partial charge in [0.25, 0.3) is 0 Å². The summed E-state index contributed by atoms with van der Waals surface area (Å²) in [6, 6.07) is 6.90. The van der Waals surface area contributed by atoms with Crippen LogP contribution < -0.4 is 10.1 Å². The van der Waals surface area contributed by atoms with Gasteiger partial charge in [0.15, 0.2) is 0 Å². The van der Waals surface area contributed by atoms with Crippen molar-refractivity contribution in [3.63, 3.8) is 0 Å². The fourth-order valence-electron chi connectivity index (χ4n) is 2.76. The van der Waals surface area contributed by atoms with Gasteiger partial charge in [-0.15, -0.1) is 0 Å². The van der Waals surface area contributed by atoms with E-state index in [2.05, 4.69) is 24.2 Å². The maximum Gasteiger partial charge on any atom is 0.120 e. The van der Waals surface area contributed by atoms with Gasteiger partial charge in [-0.05, 0) is 64.5 Å². The van der Waals surface area contributed by atoms with Gasteiger partial charge in [-0.1, -0.05) is 17.7 Å². The maximum atomic E-state index is 6.30. The molecular formula is C16H25ClN2O. The lowest BCUT2D eigenvalue weighted by Crippen LogP contribution is -2.26. The van der Waals surface area contributed by atoms with Crippen molar-refractivity contribution in [1.29, 1.82) is 0 Å². The molecule has 20 heavy (non-hydrogen) atoms. The highest BCUT2D eigenvalue weighted by molar-refractivity contribution is 6.31. The molecule has 2 rings (SSSR count). The Morgan fingerprint density at radius 1 is 1.50 bits per heavy atom. The quantitative estimate of drug-likeness (QED) is 0.870. The first-order valence-electron chi connectivity index (χ1n) is 7.41. The van der Waals surface area contributed by atoms with Gasteiger partial charge in [0.1, 0.15) is 5.75 Å². The molecule has 2 atom stereocenters. The number of likely N-dealkylation sites (tertiary alicyclic amines) is 1. The van der Waals surface area contributed by atoms with Gasteiger partial charge < -0.3 is 15.0 Å². The molecule has 1 aromatic carbocycles. The van der Waals surface area contributed by atoms with Crippen LogP contribution in [0.15, 0.2) is 18.2 Å². The van der Waals surface area contributed by atoms with Crippen molar-refractivity contribution < 1.29 is 4.74 Å². The molecule has 0 aliphatic carbocycles. The van der Waals surface area contributed by atoms with E-state index in [1.54, 1.807) is 0 Å². The topological polar surface area (TPSA) is 24.5 Å². The minimum Gasteiger partial charge on any atom is -0.493 e. The molecule has 112 valence electrons. The van der Waals surface area contributed by atoms with E-state index < -0.39 is 0 Å². The average Bonchev–Trinajstić information content (AvgIpc) is 2.84. The van der Waals surface area contributed by atoms with Crippen LogP contribution in [0.1, 0.15) is 37.8 Å². The molecule has 1 aliphatic rings. The number of ether oxygens (including phenoxy) is 1. The van der Waals surface area contributed by atoms with Gasteiger partial charge in [-0.2, -0.15) is 0 Å². The standard InChI is InChI=1S/C16H25ClN2O/c1-12(18-2)15-7-6-14(11-16(15)17)20-10-8-13-5-4-9-19(13)3/h6-7,11-13,18H,4-5,8-10H2,1-3H3. The Labute approximate surface area is 127 Å². The summed E-state index contributed by atoms with van der Waals surface area (Å²) in [6.45, 7) is 4.07. The lowest BCUT2D eigenvalue weighted by Gasteiger charge is -2.19. The number of nitrogens with zero attached hydrogens (tertiary/aromatic N) is 1. The van der Waals surface area contributed by atoms with Crippen molar-refractivity contribution >= 4 is 11.6 Å². The second-order valence-corrected chi connectivity index (χ2v) is 6.01. The first-order chi connectivity index (χ1) is 9.61. The summed E-state index contributed by atoms with van der Waals surface area (Å²) in [5.74, 6) is 0.864. The highest BCUT2D eigenvalue weighted by atomic mass is 35.5. The minimum atomic E-state index is 0.253. The van der Waals surface area contributed by atoms with E-state index in [1.165, 1.54) is 19.4 Å². The molecule has 1 fully saturated rings. The number of benzene rings is 1. The highest BCUT2D eigenvalue weighted by Gasteiger charge is 2.20. The van der Waals surface area contributed by atoms with E-state index >= 15 is 0 Å². The molecule has 0 bridgehead atoms. The summed E-state index contributed by atoms with van der Waals surface area (Å²) in [7, 11) is 4.13. The molecule has 0 amide bonds. The largest absolute Gasteiger partial charge is 0.493 e. The van der Waals surface area contributed by atoms with E-state index in [1.807, 2.05) is 25.2 Å². The van der Waals surface area contributed by atoms with E-state index in [4.69, 9.17) is 16.3 Å². The Kier molecular flexibility index (Phi) is 5.70. The highest BCUT2D eigenvalue weighted by Crippen LogP contribution is 2.27. The smallest absolute Gasteiger partial charge is 0.120 e. The third kappa shape index (κ3) is 3.87. The second-order valence-electron chi connectivity index (χ2n) is 5.61. The zero-order chi connectivity index (χ0) is 14.5. The van der Waals surface area contributed by atoms with E-state index in [-0.39, 0.29) is 6.04 Å². The average molecular weight is 297 g/mol. The van der Waals surface area contributed by atoms with Crippen LogP contribution in [-0.2, 0) is 0 Å². The second kappa shape index (κ2) is 7.30. The number of rotatable bonds is 6. The van der Waals surface area contributed by atoms with Gasteiger partial charge in [-0.3, -0.25) is 0 Å². The van der Waals surface area contributed by atoms with E-state index in [0.29, 0.717) is 6.04 Å². The van der Waals surface area contributed by atoms with Gasteiger partial charge >= 0.3 is 0 Å². The number of hydrogen-bond donors (Lipinski definition) is 1. The Balaban J connectivity index is 1.85. The molecule has 1 aliphatic heterocycles. The van der Waals surface area contributed by atoms with Crippen molar-refractivity contribution in [2.75, 3.05) is 27.2 Å². The van der Waals surface area contributed by atoms with Gasteiger partial charge in [0.2, 0.25) is 0 Å². The minimum absolute atomic E-state index is 0.253. The lowest BCUT2D eigenvalue weighted by molar-refractivity contribution is 0.233. The normalized spacial score (nSPS) is 21.1. The summed E-state index contributed by atoms with van der Waals surface area (Å²) in [5, 5.41) is 3.96. The molecular weight excluding hydrogens is 272 g/mol. The fourth-order valence-corrected chi connectivity index (χ4v) is 3.10. The Bertz CT molecular complexity index is 438. The monoisotopic (exact) mass is 296 g/mol. The molecule has 2 unspecified atom stereocenters. The third-order valence-electron chi connectivity index (χ3n) is 4.26. The molecule has 0 aromatic heterocycles. The maximum absolute atomic E-state index is 6.30. The Morgan fingerprint density at radius 2 is 2.30 bits per heavy atom. The SMILES string of the molecule is CNC(C)c1ccc(OCCC2CCCN2C)cc1Cl. The van der Waals surface area contributed by atoms with Gasteiger partial charge in [-0.25, -0.2) is 0 Å². The molecule has 1 heterocycles. The summed E-state index contributed by atoms with van der Waals surface area (Å²) < 4.78 is 5.83. The first kappa shape index (κ1) is 15.6. The summed E-state index contributed by atoms with van der Waals surface area (Å²) in [6.07, 6.45) is 3.69. The first-order valence-corrected chi connectivity index (χ1v) is 7.79. The van der Waals surface area contributed by atoms with Crippen LogP contribution in [0.2, 0.25) is 5.02 Å². The Morgan fingerprint density at radius 3 is 2.90 bits per heavy atom. The van der Waals surface area contributed by atoms with Crippen molar-refractivity contribution in [3.8, 4) is 5.75 Å². The van der Waals surface area contributed by atoms with Crippen LogP contribution in [0.5, 0.6) is 5.75 Å². The molecule has 0 radical (unpaired) electrons. The van der Waals surface area contributed by atoms with Gasteiger partial charge in [0, 0.05) is 17.1 Å². The number of hydrogen-bond acceptors (Lipinski definition) is 3. The fraction of sp³-hybridized carbons (Fsp3) is 0.625. The van der Waals surface area contributed by atoms with Crippen molar-refractivity contribution in [2.24, 2.45) is 0 Å². The Hall–Kier alpha value is -0.770. The molecule has 3 nitrogen and oxygen atoms in total. The van der Waals surface area contributed by atoms with E-state index in [9.17, 15) is 0 Å².